The molecule has 1 aromatic carbocycles. The van der Waals surface area contributed by atoms with Crippen LogP contribution in [0.1, 0.15) is 46.6 Å². The predicted molar refractivity (Wildman–Crippen MR) is 87.5 cm³/mol. The molecule has 1 aliphatic carbocycles. The van der Waals surface area contributed by atoms with E-state index >= 15 is 0 Å². The molecule has 0 spiro atoms. The van der Waals surface area contributed by atoms with E-state index in [9.17, 15) is 0 Å². The van der Waals surface area contributed by atoms with E-state index in [1.807, 2.05) is 11.3 Å². The van der Waals surface area contributed by atoms with Crippen LogP contribution in [0.25, 0.3) is 0 Å². The Hall–Kier alpha value is -1.12. The van der Waals surface area contributed by atoms with Gasteiger partial charge in [-0.1, -0.05) is 31.2 Å². The summed E-state index contributed by atoms with van der Waals surface area (Å²) in [6.45, 7) is 5.49. The Morgan fingerprint density at radius 2 is 1.85 bits per heavy atom. The van der Waals surface area contributed by atoms with Gasteiger partial charge < -0.3 is 5.32 Å². The van der Waals surface area contributed by atoms with Crippen molar-refractivity contribution in [1.82, 2.24) is 5.32 Å². The molecule has 3 rings (SSSR count). The van der Waals surface area contributed by atoms with Crippen molar-refractivity contribution in [3.63, 3.8) is 0 Å². The maximum absolute atomic E-state index is 3.70. The van der Waals surface area contributed by atoms with Gasteiger partial charge in [0, 0.05) is 22.3 Å². The molecular formula is C18H23NS. The molecule has 0 bridgehead atoms. The van der Waals surface area contributed by atoms with Crippen molar-refractivity contribution in [2.45, 2.75) is 51.6 Å². The number of aryl methyl sites for hydroxylation is 2. The van der Waals surface area contributed by atoms with Gasteiger partial charge in [-0.2, -0.15) is 0 Å². The van der Waals surface area contributed by atoms with Gasteiger partial charge in [0.1, 0.15) is 0 Å². The first kappa shape index (κ1) is 13.8. The quantitative estimate of drug-likeness (QED) is 0.843. The van der Waals surface area contributed by atoms with Crippen molar-refractivity contribution < 1.29 is 0 Å². The Morgan fingerprint density at radius 1 is 1.10 bits per heavy atom. The van der Waals surface area contributed by atoms with Gasteiger partial charge in [0.15, 0.2) is 0 Å². The molecule has 1 N–H and O–H groups in total. The van der Waals surface area contributed by atoms with Gasteiger partial charge in [0.05, 0.1) is 0 Å². The summed E-state index contributed by atoms with van der Waals surface area (Å²) >= 11 is 1.95. The third kappa shape index (κ3) is 2.97. The molecule has 106 valence electrons. The van der Waals surface area contributed by atoms with Crippen LogP contribution in [0.5, 0.6) is 0 Å². The molecule has 1 aromatic heterocycles. The molecule has 0 atom stereocenters. The third-order valence-corrected chi connectivity index (χ3v) is 5.63. The molecule has 0 saturated heterocycles. The van der Waals surface area contributed by atoms with E-state index in [0.29, 0.717) is 6.04 Å². The summed E-state index contributed by atoms with van der Waals surface area (Å²) in [6.07, 6.45) is 3.73. The lowest BCUT2D eigenvalue weighted by atomic mass is 9.74. The Morgan fingerprint density at radius 3 is 2.55 bits per heavy atom. The monoisotopic (exact) mass is 285 g/mol. The summed E-state index contributed by atoms with van der Waals surface area (Å²) in [5.74, 6) is 0.767. The predicted octanol–water partition coefficient (Wildman–Crippen LogP) is 4.65. The van der Waals surface area contributed by atoms with E-state index in [4.69, 9.17) is 0 Å². The number of nitrogens with one attached hydrogen (secondary N) is 1. The van der Waals surface area contributed by atoms with Crippen molar-refractivity contribution in [2.75, 3.05) is 0 Å². The van der Waals surface area contributed by atoms with Crippen molar-refractivity contribution in [3.05, 3.63) is 57.3 Å². The second-order valence-electron chi connectivity index (χ2n) is 5.82. The molecule has 1 fully saturated rings. The summed E-state index contributed by atoms with van der Waals surface area (Å²) in [4.78, 5) is 2.97. The highest BCUT2D eigenvalue weighted by molar-refractivity contribution is 7.11. The molecule has 2 aromatic rings. The zero-order chi connectivity index (χ0) is 13.9. The minimum Gasteiger partial charge on any atom is -0.309 e. The van der Waals surface area contributed by atoms with Gasteiger partial charge in [-0.05, 0) is 55.4 Å². The topological polar surface area (TPSA) is 12.0 Å². The van der Waals surface area contributed by atoms with E-state index in [1.54, 1.807) is 5.56 Å². The van der Waals surface area contributed by atoms with Crippen LogP contribution in [0.3, 0.4) is 0 Å². The SMILES string of the molecule is CCc1ccc(CNC2CC(c3ccccc3C)C2)s1. The third-order valence-electron chi connectivity index (χ3n) is 4.40. The van der Waals surface area contributed by atoms with Crippen molar-refractivity contribution >= 4 is 11.3 Å². The van der Waals surface area contributed by atoms with E-state index in [-0.39, 0.29) is 0 Å². The van der Waals surface area contributed by atoms with Crippen LogP contribution in [-0.2, 0) is 13.0 Å². The molecule has 1 heterocycles. The van der Waals surface area contributed by atoms with Gasteiger partial charge in [-0.15, -0.1) is 11.3 Å². The van der Waals surface area contributed by atoms with Crippen LogP contribution in [0.15, 0.2) is 36.4 Å². The summed E-state index contributed by atoms with van der Waals surface area (Å²) in [6, 6.07) is 14.1. The molecule has 1 saturated carbocycles. The summed E-state index contributed by atoms with van der Waals surface area (Å²) in [5.41, 5.74) is 3.00. The first-order valence-electron chi connectivity index (χ1n) is 7.62. The van der Waals surface area contributed by atoms with E-state index in [0.717, 1.165) is 18.9 Å². The molecule has 0 amide bonds. The molecular weight excluding hydrogens is 262 g/mol. The van der Waals surface area contributed by atoms with E-state index in [1.165, 1.54) is 28.2 Å². The smallest absolute Gasteiger partial charge is 0.0302 e. The van der Waals surface area contributed by atoms with Crippen LogP contribution in [0, 0.1) is 6.92 Å². The molecule has 0 unspecified atom stereocenters. The molecule has 20 heavy (non-hydrogen) atoms. The zero-order valence-electron chi connectivity index (χ0n) is 12.4. The number of hydrogen-bond donors (Lipinski definition) is 1. The maximum atomic E-state index is 3.70. The van der Waals surface area contributed by atoms with Gasteiger partial charge in [-0.25, -0.2) is 0 Å². The lowest BCUT2D eigenvalue weighted by molar-refractivity contribution is 0.289. The summed E-state index contributed by atoms with van der Waals surface area (Å²) < 4.78 is 0. The lowest BCUT2D eigenvalue weighted by Crippen LogP contribution is -2.39. The lowest BCUT2D eigenvalue weighted by Gasteiger charge is -2.37. The zero-order valence-corrected chi connectivity index (χ0v) is 13.2. The van der Waals surface area contributed by atoms with Crippen molar-refractivity contribution in [2.24, 2.45) is 0 Å². The highest BCUT2D eigenvalue weighted by atomic mass is 32.1. The van der Waals surface area contributed by atoms with Crippen LogP contribution < -0.4 is 5.32 Å². The van der Waals surface area contributed by atoms with E-state index in [2.05, 4.69) is 55.6 Å². The fraction of sp³-hybridized carbons (Fsp3) is 0.444. The Labute approximate surface area is 126 Å². The second kappa shape index (κ2) is 6.11. The van der Waals surface area contributed by atoms with Gasteiger partial charge in [-0.3, -0.25) is 0 Å². The van der Waals surface area contributed by atoms with Crippen LogP contribution in [0.4, 0.5) is 0 Å². The van der Waals surface area contributed by atoms with Gasteiger partial charge in [0.25, 0.3) is 0 Å². The highest BCUT2D eigenvalue weighted by Crippen LogP contribution is 2.38. The molecule has 0 radical (unpaired) electrons. The second-order valence-corrected chi connectivity index (χ2v) is 7.08. The summed E-state index contributed by atoms with van der Waals surface area (Å²) in [7, 11) is 0. The normalized spacial score (nSPS) is 21.7. The molecule has 1 aliphatic rings. The van der Waals surface area contributed by atoms with Crippen LogP contribution >= 0.6 is 11.3 Å². The van der Waals surface area contributed by atoms with Gasteiger partial charge in [0.2, 0.25) is 0 Å². The van der Waals surface area contributed by atoms with Crippen molar-refractivity contribution in [3.8, 4) is 0 Å². The number of benzene rings is 1. The summed E-state index contributed by atoms with van der Waals surface area (Å²) in [5, 5.41) is 3.70. The Bertz CT molecular complexity index is 566. The van der Waals surface area contributed by atoms with E-state index < -0.39 is 0 Å². The average Bonchev–Trinajstić information content (AvgIpc) is 2.87. The van der Waals surface area contributed by atoms with Crippen molar-refractivity contribution in [1.29, 1.82) is 0 Å². The maximum Gasteiger partial charge on any atom is 0.0302 e. The molecule has 1 nitrogen and oxygen atoms in total. The Kier molecular flexibility index (Phi) is 4.23. The largest absolute Gasteiger partial charge is 0.309 e. The molecule has 2 heteroatoms. The number of hydrogen-bond acceptors (Lipinski definition) is 2. The minimum absolute atomic E-state index is 0.701. The van der Waals surface area contributed by atoms with Gasteiger partial charge >= 0.3 is 0 Å². The average molecular weight is 285 g/mol. The molecule has 0 aliphatic heterocycles. The fourth-order valence-corrected chi connectivity index (χ4v) is 3.94. The first-order valence-corrected chi connectivity index (χ1v) is 8.44. The van der Waals surface area contributed by atoms with Crippen LogP contribution in [-0.4, -0.2) is 6.04 Å². The Balaban J connectivity index is 1.48. The highest BCUT2D eigenvalue weighted by Gasteiger charge is 2.30. The first-order chi connectivity index (χ1) is 9.76. The number of thiophene rings is 1. The van der Waals surface area contributed by atoms with Crippen LogP contribution in [0.2, 0.25) is 0 Å². The minimum atomic E-state index is 0.701. The number of rotatable bonds is 5. The standard InChI is InChI=1S/C18H23NS/c1-3-16-8-9-17(20-16)12-19-15-10-14(11-15)18-7-5-4-6-13(18)2/h4-9,14-15,19H,3,10-12H2,1-2H3. The fourth-order valence-electron chi connectivity index (χ4n) is 3.04.